The first-order valence-electron chi connectivity index (χ1n) is 8.02. The predicted molar refractivity (Wildman–Crippen MR) is 90.4 cm³/mol. The highest BCUT2D eigenvalue weighted by molar-refractivity contribution is 6.04. The Balaban J connectivity index is 2.03. The zero-order valence-electron chi connectivity index (χ0n) is 13.8. The summed E-state index contributed by atoms with van der Waals surface area (Å²) in [4.78, 5) is 28.1. The minimum Gasteiger partial charge on any atom is -0.352 e. The molecule has 0 radical (unpaired) electrons. The largest absolute Gasteiger partial charge is 0.352 e. The van der Waals surface area contributed by atoms with E-state index < -0.39 is 17.5 Å². The van der Waals surface area contributed by atoms with Gasteiger partial charge in [0.25, 0.3) is 11.8 Å². The van der Waals surface area contributed by atoms with Gasteiger partial charge in [-0.1, -0.05) is 19.8 Å². The maximum Gasteiger partial charge on any atom is 0.274 e. The fourth-order valence-corrected chi connectivity index (χ4v) is 2.14. The molecule has 5 nitrogen and oxygen atoms in total. The van der Waals surface area contributed by atoms with Crippen LogP contribution in [0.4, 0.5) is 14.5 Å². The van der Waals surface area contributed by atoms with Gasteiger partial charge in [0.15, 0.2) is 11.6 Å². The third-order valence-corrected chi connectivity index (χ3v) is 3.50. The SMILES string of the molecule is CCCCCNC(=O)c1ccnc(C(=O)Nc2ccc(F)c(F)c2)c1. The Morgan fingerprint density at radius 1 is 1.04 bits per heavy atom. The molecule has 0 atom stereocenters. The van der Waals surface area contributed by atoms with Crippen LogP contribution in [-0.2, 0) is 0 Å². The van der Waals surface area contributed by atoms with Gasteiger partial charge in [0.1, 0.15) is 5.69 Å². The van der Waals surface area contributed by atoms with Crippen LogP contribution in [0.15, 0.2) is 36.5 Å². The summed E-state index contributed by atoms with van der Waals surface area (Å²) < 4.78 is 26.1. The maximum atomic E-state index is 13.2. The van der Waals surface area contributed by atoms with Gasteiger partial charge in [-0.25, -0.2) is 8.78 Å². The number of benzene rings is 1. The average Bonchev–Trinajstić information content (AvgIpc) is 2.62. The number of amides is 2. The highest BCUT2D eigenvalue weighted by Crippen LogP contribution is 2.14. The van der Waals surface area contributed by atoms with E-state index in [-0.39, 0.29) is 17.3 Å². The van der Waals surface area contributed by atoms with Crippen molar-refractivity contribution in [2.75, 3.05) is 11.9 Å². The van der Waals surface area contributed by atoms with Crippen LogP contribution in [-0.4, -0.2) is 23.3 Å². The van der Waals surface area contributed by atoms with Crippen molar-refractivity contribution in [3.8, 4) is 0 Å². The number of hydrogen-bond acceptors (Lipinski definition) is 3. The fourth-order valence-electron chi connectivity index (χ4n) is 2.14. The van der Waals surface area contributed by atoms with E-state index in [1.807, 2.05) is 0 Å². The highest BCUT2D eigenvalue weighted by Gasteiger charge is 2.13. The van der Waals surface area contributed by atoms with E-state index in [0.29, 0.717) is 12.1 Å². The van der Waals surface area contributed by atoms with E-state index in [9.17, 15) is 18.4 Å². The van der Waals surface area contributed by atoms with Crippen LogP contribution in [0.2, 0.25) is 0 Å². The second kappa shape index (κ2) is 8.86. The lowest BCUT2D eigenvalue weighted by molar-refractivity contribution is 0.0953. The second-order valence-electron chi connectivity index (χ2n) is 5.48. The number of carbonyl (C=O) groups is 2. The summed E-state index contributed by atoms with van der Waals surface area (Å²) in [7, 11) is 0. The molecule has 25 heavy (non-hydrogen) atoms. The van der Waals surface area contributed by atoms with Crippen molar-refractivity contribution in [2.24, 2.45) is 0 Å². The quantitative estimate of drug-likeness (QED) is 0.753. The van der Waals surface area contributed by atoms with E-state index in [1.165, 1.54) is 24.4 Å². The van der Waals surface area contributed by atoms with Gasteiger partial charge < -0.3 is 10.6 Å². The first-order chi connectivity index (χ1) is 12.0. The molecule has 0 spiro atoms. The van der Waals surface area contributed by atoms with Crippen molar-refractivity contribution >= 4 is 17.5 Å². The zero-order chi connectivity index (χ0) is 18.2. The lowest BCUT2D eigenvalue weighted by Gasteiger charge is -2.07. The topological polar surface area (TPSA) is 71.1 Å². The molecule has 0 aliphatic heterocycles. The number of carbonyl (C=O) groups excluding carboxylic acids is 2. The fraction of sp³-hybridized carbons (Fsp3) is 0.278. The molecule has 0 unspecified atom stereocenters. The number of anilines is 1. The minimum atomic E-state index is -1.06. The number of hydrogen-bond donors (Lipinski definition) is 2. The van der Waals surface area contributed by atoms with Crippen LogP contribution in [0.5, 0.6) is 0 Å². The monoisotopic (exact) mass is 347 g/mol. The molecule has 0 saturated carbocycles. The molecule has 2 rings (SSSR count). The van der Waals surface area contributed by atoms with Crippen molar-refractivity contribution in [2.45, 2.75) is 26.2 Å². The van der Waals surface area contributed by atoms with Gasteiger partial charge in [0, 0.05) is 30.1 Å². The number of halogens is 2. The second-order valence-corrected chi connectivity index (χ2v) is 5.48. The van der Waals surface area contributed by atoms with Crippen LogP contribution < -0.4 is 10.6 Å². The van der Waals surface area contributed by atoms with Gasteiger partial charge in [-0.3, -0.25) is 14.6 Å². The molecule has 2 N–H and O–H groups in total. The van der Waals surface area contributed by atoms with Crippen LogP contribution in [0, 0.1) is 11.6 Å². The van der Waals surface area contributed by atoms with Gasteiger partial charge in [-0.2, -0.15) is 0 Å². The van der Waals surface area contributed by atoms with Crippen LogP contribution >= 0.6 is 0 Å². The Bertz CT molecular complexity index is 766. The van der Waals surface area contributed by atoms with Gasteiger partial charge in [0.05, 0.1) is 0 Å². The Morgan fingerprint density at radius 3 is 2.56 bits per heavy atom. The summed E-state index contributed by atoms with van der Waals surface area (Å²) in [6.07, 6.45) is 4.32. The lowest BCUT2D eigenvalue weighted by atomic mass is 10.2. The van der Waals surface area contributed by atoms with Crippen molar-refractivity contribution in [3.05, 3.63) is 59.4 Å². The molecular formula is C18H19F2N3O2. The van der Waals surface area contributed by atoms with Gasteiger partial charge >= 0.3 is 0 Å². The molecule has 1 aromatic carbocycles. The summed E-state index contributed by atoms with van der Waals surface area (Å²) in [5.41, 5.74) is 0.410. The van der Waals surface area contributed by atoms with Crippen LogP contribution in [0.3, 0.4) is 0 Å². The third-order valence-electron chi connectivity index (χ3n) is 3.50. The zero-order valence-corrected chi connectivity index (χ0v) is 13.8. The van der Waals surface area contributed by atoms with Crippen LogP contribution in [0.25, 0.3) is 0 Å². The van der Waals surface area contributed by atoms with E-state index in [1.54, 1.807) is 0 Å². The average molecular weight is 347 g/mol. The highest BCUT2D eigenvalue weighted by atomic mass is 19.2. The number of nitrogens with zero attached hydrogens (tertiary/aromatic N) is 1. The number of unbranched alkanes of at least 4 members (excludes halogenated alkanes) is 2. The first kappa shape index (κ1) is 18.5. The Morgan fingerprint density at radius 2 is 1.84 bits per heavy atom. The van der Waals surface area contributed by atoms with Crippen molar-refractivity contribution in [1.29, 1.82) is 0 Å². The predicted octanol–water partition coefficient (Wildman–Crippen LogP) is 3.53. The molecule has 7 heteroatoms. The Hall–Kier alpha value is -2.83. The van der Waals surface area contributed by atoms with E-state index in [0.717, 1.165) is 31.4 Å². The summed E-state index contributed by atoms with van der Waals surface area (Å²) in [5.74, 6) is -2.98. The van der Waals surface area contributed by atoms with Crippen LogP contribution in [0.1, 0.15) is 47.0 Å². The smallest absolute Gasteiger partial charge is 0.274 e. The molecule has 0 fully saturated rings. The normalized spacial score (nSPS) is 10.4. The number of pyridine rings is 1. The van der Waals surface area contributed by atoms with Crippen molar-refractivity contribution < 1.29 is 18.4 Å². The maximum absolute atomic E-state index is 13.2. The molecule has 0 bridgehead atoms. The summed E-state index contributed by atoms with van der Waals surface area (Å²) in [5, 5.41) is 5.19. The van der Waals surface area contributed by atoms with Gasteiger partial charge in [-0.15, -0.1) is 0 Å². The lowest BCUT2D eigenvalue weighted by Crippen LogP contribution is -2.25. The number of nitrogens with one attached hydrogen (secondary N) is 2. The number of rotatable bonds is 7. The van der Waals surface area contributed by atoms with E-state index in [4.69, 9.17) is 0 Å². The standard InChI is InChI=1S/C18H19F2N3O2/c1-2-3-4-8-22-17(24)12-7-9-21-16(10-12)18(25)23-13-5-6-14(19)15(20)11-13/h5-7,9-11H,2-4,8H2,1H3,(H,22,24)(H,23,25). The number of aromatic nitrogens is 1. The molecule has 2 aromatic rings. The van der Waals surface area contributed by atoms with Gasteiger partial charge in [0.2, 0.25) is 0 Å². The summed E-state index contributed by atoms with van der Waals surface area (Å²) in [6.45, 7) is 2.63. The Kier molecular flexibility index (Phi) is 6.56. The van der Waals surface area contributed by atoms with Crippen molar-refractivity contribution in [1.82, 2.24) is 10.3 Å². The van der Waals surface area contributed by atoms with Crippen molar-refractivity contribution in [3.63, 3.8) is 0 Å². The Labute approximate surface area is 144 Å². The molecule has 0 aliphatic carbocycles. The molecule has 132 valence electrons. The molecule has 2 amide bonds. The molecule has 0 saturated heterocycles. The van der Waals surface area contributed by atoms with Gasteiger partial charge in [-0.05, 0) is 30.7 Å². The summed E-state index contributed by atoms with van der Waals surface area (Å²) in [6, 6.07) is 5.88. The first-order valence-corrected chi connectivity index (χ1v) is 8.02. The molecule has 1 aromatic heterocycles. The van der Waals surface area contributed by atoms with E-state index >= 15 is 0 Å². The minimum absolute atomic E-state index is 0.00550. The molecule has 0 aliphatic rings. The summed E-state index contributed by atoms with van der Waals surface area (Å²) >= 11 is 0. The molecular weight excluding hydrogens is 328 g/mol. The molecule has 1 heterocycles. The van der Waals surface area contributed by atoms with E-state index in [2.05, 4.69) is 22.5 Å². The third kappa shape index (κ3) is 5.34.